The number of anilines is 1. The SMILES string of the molecule is CCONC(=O)C1CC(=O)N(c2cccc(C(C)C)c2)C1. The molecule has 21 heavy (non-hydrogen) atoms. The summed E-state index contributed by atoms with van der Waals surface area (Å²) >= 11 is 0. The molecule has 1 unspecified atom stereocenters. The highest BCUT2D eigenvalue weighted by Crippen LogP contribution is 2.27. The Balaban J connectivity index is 2.09. The molecule has 1 fully saturated rings. The Bertz CT molecular complexity index is 528. The van der Waals surface area contributed by atoms with Gasteiger partial charge < -0.3 is 4.90 Å². The molecule has 1 aliphatic heterocycles. The second-order valence-electron chi connectivity index (χ2n) is 5.55. The van der Waals surface area contributed by atoms with Crippen LogP contribution in [0.5, 0.6) is 0 Å². The Hall–Kier alpha value is -1.88. The average molecular weight is 290 g/mol. The fraction of sp³-hybridized carbons (Fsp3) is 0.500. The van der Waals surface area contributed by atoms with E-state index >= 15 is 0 Å². The van der Waals surface area contributed by atoms with E-state index in [2.05, 4.69) is 19.3 Å². The summed E-state index contributed by atoms with van der Waals surface area (Å²) in [4.78, 5) is 30.6. The number of carbonyl (C=O) groups excluding carboxylic acids is 2. The summed E-state index contributed by atoms with van der Waals surface area (Å²) in [6.45, 7) is 6.84. The molecule has 1 N–H and O–H groups in total. The van der Waals surface area contributed by atoms with Gasteiger partial charge in [0.15, 0.2) is 0 Å². The first-order valence-electron chi connectivity index (χ1n) is 7.35. The van der Waals surface area contributed by atoms with E-state index in [9.17, 15) is 9.59 Å². The molecule has 5 nitrogen and oxygen atoms in total. The predicted molar refractivity (Wildman–Crippen MR) is 80.8 cm³/mol. The van der Waals surface area contributed by atoms with Crippen molar-refractivity contribution in [3.8, 4) is 0 Å². The Morgan fingerprint density at radius 1 is 1.48 bits per heavy atom. The molecule has 1 heterocycles. The van der Waals surface area contributed by atoms with Crippen molar-refractivity contribution in [3.63, 3.8) is 0 Å². The molecule has 2 amide bonds. The molecule has 1 aliphatic rings. The Labute approximate surface area is 125 Å². The number of hydroxylamine groups is 1. The van der Waals surface area contributed by atoms with Gasteiger partial charge in [-0.25, -0.2) is 5.48 Å². The van der Waals surface area contributed by atoms with Crippen molar-refractivity contribution in [2.45, 2.75) is 33.1 Å². The lowest BCUT2D eigenvalue weighted by atomic mass is 10.0. The molecule has 1 aromatic carbocycles. The minimum Gasteiger partial charge on any atom is -0.312 e. The second kappa shape index (κ2) is 6.72. The summed E-state index contributed by atoms with van der Waals surface area (Å²) in [5.41, 5.74) is 4.42. The normalized spacial score (nSPS) is 18.4. The van der Waals surface area contributed by atoms with Gasteiger partial charge in [-0.15, -0.1) is 0 Å². The molecular formula is C16H22N2O3. The Morgan fingerprint density at radius 2 is 2.24 bits per heavy atom. The lowest BCUT2D eigenvalue weighted by Crippen LogP contribution is -2.33. The summed E-state index contributed by atoms with van der Waals surface area (Å²) in [5.74, 6) is -0.202. The lowest BCUT2D eigenvalue weighted by molar-refractivity contribution is -0.137. The van der Waals surface area contributed by atoms with Crippen LogP contribution in [-0.4, -0.2) is 25.0 Å². The van der Waals surface area contributed by atoms with E-state index in [1.807, 2.05) is 24.3 Å². The molecule has 0 spiro atoms. The molecule has 0 bridgehead atoms. The molecule has 0 aromatic heterocycles. The molecule has 114 valence electrons. The van der Waals surface area contributed by atoms with E-state index in [-0.39, 0.29) is 24.2 Å². The molecule has 2 rings (SSSR count). The largest absolute Gasteiger partial charge is 0.312 e. The number of carbonyl (C=O) groups is 2. The monoisotopic (exact) mass is 290 g/mol. The van der Waals surface area contributed by atoms with Gasteiger partial charge in [0, 0.05) is 18.7 Å². The van der Waals surface area contributed by atoms with Crippen molar-refractivity contribution in [1.29, 1.82) is 0 Å². The third-order valence-corrected chi connectivity index (χ3v) is 3.66. The zero-order valence-corrected chi connectivity index (χ0v) is 12.8. The van der Waals surface area contributed by atoms with Crippen LogP contribution in [0.25, 0.3) is 0 Å². The molecule has 1 aromatic rings. The minimum atomic E-state index is -0.355. The van der Waals surface area contributed by atoms with Crippen LogP contribution in [0.1, 0.15) is 38.7 Å². The first-order valence-corrected chi connectivity index (χ1v) is 7.35. The van der Waals surface area contributed by atoms with Gasteiger partial charge in [0.05, 0.1) is 12.5 Å². The standard InChI is InChI=1S/C16H22N2O3/c1-4-21-17-16(20)13-9-15(19)18(10-13)14-7-5-6-12(8-14)11(2)3/h5-8,11,13H,4,9-10H2,1-3H3,(H,17,20). The summed E-state index contributed by atoms with van der Waals surface area (Å²) in [6, 6.07) is 7.93. The first kappa shape index (κ1) is 15.5. The number of hydrogen-bond donors (Lipinski definition) is 1. The highest BCUT2D eigenvalue weighted by molar-refractivity contribution is 6.00. The van der Waals surface area contributed by atoms with E-state index in [4.69, 9.17) is 4.84 Å². The highest BCUT2D eigenvalue weighted by atomic mass is 16.6. The Morgan fingerprint density at radius 3 is 2.90 bits per heavy atom. The molecule has 5 heteroatoms. The number of benzene rings is 1. The van der Waals surface area contributed by atoms with Crippen LogP contribution in [0.2, 0.25) is 0 Å². The Kier molecular flexibility index (Phi) is 4.96. The van der Waals surface area contributed by atoms with Crippen molar-refractivity contribution in [2.75, 3.05) is 18.1 Å². The first-order chi connectivity index (χ1) is 10.0. The number of nitrogens with zero attached hydrogens (tertiary/aromatic N) is 1. The lowest BCUT2D eigenvalue weighted by Gasteiger charge is -2.18. The zero-order chi connectivity index (χ0) is 15.4. The van der Waals surface area contributed by atoms with E-state index in [0.29, 0.717) is 19.1 Å². The van der Waals surface area contributed by atoms with E-state index in [1.54, 1.807) is 11.8 Å². The smallest absolute Gasteiger partial charge is 0.248 e. The van der Waals surface area contributed by atoms with Crippen LogP contribution in [0, 0.1) is 5.92 Å². The molecule has 1 saturated heterocycles. The van der Waals surface area contributed by atoms with Crippen molar-refractivity contribution in [1.82, 2.24) is 5.48 Å². The predicted octanol–water partition coefficient (Wildman–Crippen LogP) is 2.23. The summed E-state index contributed by atoms with van der Waals surface area (Å²) < 4.78 is 0. The highest BCUT2D eigenvalue weighted by Gasteiger charge is 2.35. The van der Waals surface area contributed by atoms with Gasteiger partial charge in [-0.3, -0.25) is 14.4 Å². The maximum atomic E-state index is 12.1. The molecule has 0 saturated carbocycles. The third-order valence-electron chi connectivity index (χ3n) is 3.66. The summed E-state index contributed by atoms with van der Waals surface area (Å²) in [7, 11) is 0. The van der Waals surface area contributed by atoms with Crippen molar-refractivity contribution >= 4 is 17.5 Å². The van der Waals surface area contributed by atoms with Crippen LogP contribution in [0.3, 0.4) is 0 Å². The zero-order valence-electron chi connectivity index (χ0n) is 12.8. The van der Waals surface area contributed by atoms with Gasteiger partial charge in [-0.05, 0) is 30.5 Å². The maximum absolute atomic E-state index is 12.1. The minimum absolute atomic E-state index is 0.0208. The van der Waals surface area contributed by atoms with Crippen LogP contribution < -0.4 is 10.4 Å². The van der Waals surface area contributed by atoms with Gasteiger partial charge in [0.25, 0.3) is 0 Å². The number of amides is 2. The molecular weight excluding hydrogens is 268 g/mol. The quantitative estimate of drug-likeness (QED) is 0.846. The molecule has 1 atom stereocenters. The third kappa shape index (κ3) is 3.61. The maximum Gasteiger partial charge on any atom is 0.248 e. The van der Waals surface area contributed by atoms with Crippen molar-refractivity contribution in [2.24, 2.45) is 5.92 Å². The second-order valence-corrected chi connectivity index (χ2v) is 5.55. The van der Waals surface area contributed by atoms with Crippen molar-refractivity contribution < 1.29 is 14.4 Å². The number of nitrogens with one attached hydrogen (secondary N) is 1. The molecule has 0 aliphatic carbocycles. The average Bonchev–Trinajstić information content (AvgIpc) is 2.87. The summed E-state index contributed by atoms with van der Waals surface area (Å²) in [6.07, 6.45) is 0.227. The van der Waals surface area contributed by atoms with Gasteiger partial charge in [0.2, 0.25) is 11.8 Å². The van der Waals surface area contributed by atoms with Crippen LogP contribution >= 0.6 is 0 Å². The summed E-state index contributed by atoms with van der Waals surface area (Å²) in [5, 5.41) is 0. The topological polar surface area (TPSA) is 58.6 Å². The van der Waals surface area contributed by atoms with Gasteiger partial charge in [-0.2, -0.15) is 0 Å². The van der Waals surface area contributed by atoms with Crippen LogP contribution in [0.4, 0.5) is 5.69 Å². The van der Waals surface area contributed by atoms with E-state index < -0.39 is 0 Å². The fourth-order valence-electron chi connectivity index (χ4n) is 2.41. The van der Waals surface area contributed by atoms with Gasteiger partial charge in [-0.1, -0.05) is 26.0 Å². The van der Waals surface area contributed by atoms with Crippen LogP contribution in [0.15, 0.2) is 24.3 Å². The van der Waals surface area contributed by atoms with Gasteiger partial charge in [0.1, 0.15) is 0 Å². The van der Waals surface area contributed by atoms with Crippen LogP contribution in [-0.2, 0) is 14.4 Å². The van der Waals surface area contributed by atoms with Gasteiger partial charge >= 0.3 is 0 Å². The number of rotatable bonds is 5. The molecule has 0 radical (unpaired) electrons. The van der Waals surface area contributed by atoms with E-state index in [1.165, 1.54) is 5.56 Å². The van der Waals surface area contributed by atoms with Crippen molar-refractivity contribution in [3.05, 3.63) is 29.8 Å². The van der Waals surface area contributed by atoms with E-state index in [0.717, 1.165) is 5.69 Å². The fourth-order valence-corrected chi connectivity index (χ4v) is 2.41. The number of hydrogen-bond acceptors (Lipinski definition) is 3.